The predicted molar refractivity (Wildman–Crippen MR) is 89.2 cm³/mol. The van der Waals surface area contributed by atoms with Crippen LogP contribution in [0.15, 0.2) is 18.2 Å². The number of hydrogen-bond donors (Lipinski definition) is 1. The van der Waals surface area contributed by atoms with Crippen LogP contribution in [0.3, 0.4) is 0 Å². The molecule has 21 heavy (non-hydrogen) atoms. The second kappa shape index (κ2) is 7.33. The van der Waals surface area contributed by atoms with Gasteiger partial charge in [-0.2, -0.15) is 0 Å². The van der Waals surface area contributed by atoms with Crippen LogP contribution in [0.1, 0.15) is 17.1 Å². The van der Waals surface area contributed by atoms with Gasteiger partial charge in [-0.25, -0.2) is 14.4 Å². The Morgan fingerprint density at radius 3 is 2.81 bits per heavy atom. The van der Waals surface area contributed by atoms with Crippen LogP contribution in [0.25, 0.3) is 0 Å². The Hall–Kier alpha value is -0.990. The van der Waals surface area contributed by atoms with E-state index in [1.165, 1.54) is 6.07 Å². The average Bonchev–Trinajstić information content (AvgIpc) is 2.47. The summed E-state index contributed by atoms with van der Waals surface area (Å²) in [5, 5.41) is 3.11. The molecule has 2 aromatic rings. The highest BCUT2D eigenvalue weighted by atomic mass is 127. The minimum absolute atomic E-state index is 0.101. The summed E-state index contributed by atoms with van der Waals surface area (Å²) in [6, 6.07) is 4.91. The van der Waals surface area contributed by atoms with Gasteiger partial charge in [-0.1, -0.05) is 23.7 Å². The molecule has 0 radical (unpaired) electrons. The topological polar surface area (TPSA) is 47.0 Å². The van der Waals surface area contributed by atoms with Crippen LogP contribution in [0.2, 0.25) is 5.02 Å². The average molecular weight is 422 g/mol. The van der Waals surface area contributed by atoms with Gasteiger partial charge in [0, 0.05) is 20.6 Å². The number of halogens is 3. The standard InChI is InChI=1S/C14H14ClFIN3O/c1-18-14-13(17)10(7-21-2)19-11(20-14)6-8-4-3-5-9(15)12(8)16/h3-5H,6-7H2,1-2H3,(H,18,19,20). The first-order valence-electron chi connectivity index (χ1n) is 6.21. The molecule has 1 heterocycles. The third-order valence-corrected chi connectivity index (χ3v) is 4.29. The molecule has 0 unspecified atom stereocenters. The van der Waals surface area contributed by atoms with Gasteiger partial charge in [-0.05, 0) is 34.2 Å². The summed E-state index contributed by atoms with van der Waals surface area (Å²) < 4.78 is 20.0. The monoisotopic (exact) mass is 421 g/mol. The van der Waals surface area contributed by atoms with E-state index in [1.54, 1.807) is 26.3 Å². The third-order valence-electron chi connectivity index (χ3n) is 2.86. The fourth-order valence-corrected chi connectivity index (χ4v) is 2.74. The third kappa shape index (κ3) is 3.81. The molecular formula is C14H14ClFIN3O. The van der Waals surface area contributed by atoms with Crippen molar-refractivity contribution in [3.63, 3.8) is 0 Å². The number of aromatic nitrogens is 2. The molecule has 0 aliphatic carbocycles. The summed E-state index contributed by atoms with van der Waals surface area (Å²) in [7, 11) is 3.39. The number of ether oxygens (including phenoxy) is 1. The first-order chi connectivity index (χ1) is 10.1. The van der Waals surface area contributed by atoms with Crippen LogP contribution < -0.4 is 5.32 Å². The normalized spacial score (nSPS) is 10.7. The van der Waals surface area contributed by atoms with Gasteiger partial charge >= 0.3 is 0 Å². The largest absolute Gasteiger partial charge is 0.378 e. The number of anilines is 1. The number of benzene rings is 1. The van der Waals surface area contributed by atoms with Crippen LogP contribution in [-0.4, -0.2) is 24.1 Å². The molecule has 1 aromatic heterocycles. The molecule has 112 valence electrons. The SMILES string of the molecule is CNc1nc(Cc2cccc(Cl)c2F)nc(COC)c1I. The van der Waals surface area contributed by atoms with Crippen LogP contribution in [0, 0.1) is 9.39 Å². The lowest BCUT2D eigenvalue weighted by molar-refractivity contribution is 0.180. The summed E-state index contributed by atoms with van der Waals surface area (Å²) in [6.45, 7) is 0.375. The van der Waals surface area contributed by atoms with E-state index in [1.807, 2.05) is 0 Å². The minimum atomic E-state index is -0.430. The zero-order valence-corrected chi connectivity index (χ0v) is 14.5. The molecule has 1 aromatic carbocycles. The fraction of sp³-hybridized carbons (Fsp3) is 0.286. The summed E-state index contributed by atoms with van der Waals surface area (Å²) in [5.74, 6) is 0.795. The molecule has 7 heteroatoms. The summed E-state index contributed by atoms with van der Waals surface area (Å²) in [4.78, 5) is 8.85. The van der Waals surface area contributed by atoms with Gasteiger partial charge in [-0.3, -0.25) is 0 Å². The lowest BCUT2D eigenvalue weighted by Crippen LogP contribution is -2.09. The van der Waals surface area contributed by atoms with E-state index in [2.05, 4.69) is 37.9 Å². The maximum absolute atomic E-state index is 14.0. The number of hydrogen-bond acceptors (Lipinski definition) is 4. The second-order valence-electron chi connectivity index (χ2n) is 4.32. The summed E-state index contributed by atoms with van der Waals surface area (Å²) in [6.07, 6.45) is 0.273. The van der Waals surface area contributed by atoms with E-state index in [9.17, 15) is 4.39 Å². The number of rotatable bonds is 5. The summed E-state index contributed by atoms with van der Waals surface area (Å²) >= 11 is 7.96. The van der Waals surface area contributed by atoms with E-state index < -0.39 is 5.82 Å². The van der Waals surface area contributed by atoms with Gasteiger partial charge in [0.2, 0.25) is 0 Å². The van der Waals surface area contributed by atoms with Crippen molar-refractivity contribution in [3.8, 4) is 0 Å². The van der Waals surface area contributed by atoms with Gasteiger partial charge in [0.15, 0.2) is 0 Å². The van der Waals surface area contributed by atoms with Gasteiger partial charge < -0.3 is 10.1 Å². The van der Waals surface area contributed by atoms with Crippen molar-refractivity contribution < 1.29 is 9.13 Å². The highest BCUT2D eigenvalue weighted by Gasteiger charge is 2.14. The molecule has 1 N–H and O–H groups in total. The van der Waals surface area contributed by atoms with Crippen LogP contribution >= 0.6 is 34.2 Å². The van der Waals surface area contributed by atoms with E-state index in [0.29, 0.717) is 23.8 Å². The molecule has 4 nitrogen and oxygen atoms in total. The lowest BCUT2D eigenvalue weighted by atomic mass is 10.1. The van der Waals surface area contributed by atoms with Gasteiger partial charge in [-0.15, -0.1) is 0 Å². The maximum atomic E-state index is 14.0. The number of nitrogens with one attached hydrogen (secondary N) is 1. The lowest BCUT2D eigenvalue weighted by Gasteiger charge is -2.11. The van der Waals surface area contributed by atoms with Crippen molar-refractivity contribution in [2.45, 2.75) is 13.0 Å². The van der Waals surface area contributed by atoms with E-state index in [4.69, 9.17) is 16.3 Å². The molecule has 0 atom stereocenters. The second-order valence-corrected chi connectivity index (χ2v) is 5.81. The van der Waals surface area contributed by atoms with Crippen LogP contribution in [0.4, 0.5) is 10.2 Å². The molecule has 0 spiro atoms. The molecule has 0 amide bonds. The van der Waals surface area contributed by atoms with Crippen LogP contribution in [0.5, 0.6) is 0 Å². The number of nitrogens with zero attached hydrogens (tertiary/aromatic N) is 2. The van der Waals surface area contributed by atoms with Crippen molar-refractivity contribution in [2.75, 3.05) is 19.5 Å². The molecule has 0 aliphatic heterocycles. The molecule has 0 fully saturated rings. The Bertz CT molecular complexity index is 654. The number of methoxy groups -OCH3 is 1. The molecule has 0 aliphatic rings. The minimum Gasteiger partial charge on any atom is -0.378 e. The first kappa shape index (κ1) is 16.4. The molecule has 0 bridgehead atoms. The Labute approximate surface area is 141 Å². The predicted octanol–water partition coefficient (Wildman–Crippen LogP) is 3.65. The van der Waals surface area contributed by atoms with E-state index in [-0.39, 0.29) is 11.4 Å². The zero-order chi connectivity index (χ0) is 15.4. The Balaban J connectivity index is 2.39. The van der Waals surface area contributed by atoms with Gasteiger partial charge in [0.25, 0.3) is 0 Å². The van der Waals surface area contributed by atoms with Crippen molar-refractivity contribution in [2.24, 2.45) is 0 Å². The van der Waals surface area contributed by atoms with Crippen LogP contribution in [-0.2, 0) is 17.8 Å². The first-order valence-corrected chi connectivity index (χ1v) is 7.67. The van der Waals surface area contributed by atoms with Crippen molar-refractivity contribution in [1.82, 2.24) is 9.97 Å². The van der Waals surface area contributed by atoms with E-state index >= 15 is 0 Å². The molecule has 0 saturated heterocycles. The van der Waals surface area contributed by atoms with Crippen molar-refractivity contribution >= 4 is 40.0 Å². The highest BCUT2D eigenvalue weighted by Crippen LogP contribution is 2.23. The molecule has 0 saturated carbocycles. The van der Waals surface area contributed by atoms with Crippen molar-refractivity contribution in [3.05, 3.63) is 49.7 Å². The van der Waals surface area contributed by atoms with E-state index in [0.717, 1.165) is 9.26 Å². The zero-order valence-electron chi connectivity index (χ0n) is 11.6. The smallest absolute Gasteiger partial charge is 0.145 e. The van der Waals surface area contributed by atoms with Crippen molar-refractivity contribution in [1.29, 1.82) is 0 Å². The van der Waals surface area contributed by atoms with Gasteiger partial charge in [0.05, 0.1) is 20.9 Å². The maximum Gasteiger partial charge on any atom is 0.145 e. The molecule has 2 rings (SSSR count). The highest BCUT2D eigenvalue weighted by molar-refractivity contribution is 14.1. The quantitative estimate of drug-likeness (QED) is 0.749. The summed E-state index contributed by atoms with van der Waals surface area (Å²) in [5.41, 5.74) is 1.24. The Morgan fingerprint density at radius 1 is 1.38 bits per heavy atom. The van der Waals surface area contributed by atoms with Gasteiger partial charge in [0.1, 0.15) is 17.5 Å². The Morgan fingerprint density at radius 2 is 2.14 bits per heavy atom. The Kier molecular flexibility index (Phi) is 5.72. The fourth-order valence-electron chi connectivity index (χ4n) is 1.88. The molecular weight excluding hydrogens is 408 g/mol.